The van der Waals surface area contributed by atoms with Gasteiger partial charge in [0.2, 0.25) is 0 Å². The average Bonchev–Trinajstić information content (AvgIpc) is 2.39. The van der Waals surface area contributed by atoms with E-state index in [0.29, 0.717) is 17.8 Å². The first-order valence-electron chi connectivity index (χ1n) is 5.80. The summed E-state index contributed by atoms with van der Waals surface area (Å²) < 4.78 is 4.82. The Morgan fingerprint density at radius 1 is 1.47 bits per heavy atom. The number of ether oxygens (including phenoxy) is 1. The fraction of sp³-hybridized carbons (Fsp3) is 0.769. The molecule has 15 heavy (non-hydrogen) atoms. The molecule has 0 fully saturated rings. The van der Waals surface area contributed by atoms with Gasteiger partial charge in [0.05, 0.1) is 13.0 Å². The summed E-state index contributed by atoms with van der Waals surface area (Å²) in [5, 5.41) is 0. The minimum absolute atomic E-state index is 0.0349. The third-order valence-corrected chi connectivity index (χ3v) is 3.49. The summed E-state index contributed by atoms with van der Waals surface area (Å²) in [6.07, 6.45) is 6.16. The maximum atomic E-state index is 11.5. The number of rotatable bonds is 2. The van der Waals surface area contributed by atoms with Gasteiger partial charge in [0.1, 0.15) is 0 Å². The normalized spacial score (nSPS) is 31.4. The van der Waals surface area contributed by atoms with Gasteiger partial charge in [-0.25, -0.2) is 0 Å². The number of esters is 1. The van der Waals surface area contributed by atoms with Gasteiger partial charge in [0.25, 0.3) is 0 Å². The van der Waals surface area contributed by atoms with E-state index in [1.165, 1.54) is 7.11 Å². The Morgan fingerprint density at radius 2 is 2.13 bits per heavy atom. The van der Waals surface area contributed by atoms with Gasteiger partial charge in [0.15, 0.2) is 0 Å². The molecule has 3 atom stereocenters. The zero-order valence-electron chi connectivity index (χ0n) is 10.2. The molecule has 0 saturated carbocycles. The zero-order chi connectivity index (χ0) is 11.4. The second-order valence-electron chi connectivity index (χ2n) is 4.91. The van der Waals surface area contributed by atoms with Crippen molar-refractivity contribution in [2.24, 2.45) is 23.7 Å². The van der Waals surface area contributed by atoms with Crippen LogP contribution in [-0.2, 0) is 9.53 Å². The first-order valence-corrected chi connectivity index (χ1v) is 5.80. The summed E-state index contributed by atoms with van der Waals surface area (Å²) in [4.78, 5) is 11.5. The monoisotopic (exact) mass is 210 g/mol. The molecule has 0 heterocycles. The van der Waals surface area contributed by atoms with Crippen molar-refractivity contribution in [1.82, 2.24) is 0 Å². The lowest BCUT2D eigenvalue weighted by atomic mass is 9.79. The molecule has 0 bridgehead atoms. The molecule has 86 valence electrons. The molecule has 0 spiro atoms. The minimum atomic E-state index is -0.0917. The molecule has 0 N–H and O–H groups in total. The number of carbonyl (C=O) groups is 1. The molecule has 1 aliphatic rings. The van der Waals surface area contributed by atoms with Crippen molar-refractivity contribution < 1.29 is 9.53 Å². The Bertz CT molecular complexity index is 243. The molecule has 0 aliphatic heterocycles. The van der Waals surface area contributed by atoms with E-state index in [4.69, 9.17) is 4.74 Å². The van der Waals surface area contributed by atoms with E-state index in [9.17, 15) is 4.79 Å². The number of allylic oxidation sites excluding steroid dienone is 1. The minimum Gasteiger partial charge on any atom is -0.469 e. The third-order valence-electron chi connectivity index (χ3n) is 3.49. The number of methoxy groups -OCH3 is 1. The lowest BCUT2D eigenvalue weighted by Crippen LogP contribution is -2.23. The second kappa shape index (κ2) is 5.34. The Balaban J connectivity index is 2.73. The van der Waals surface area contributed by atoms with E-state index < -0.39 is 0 Å². The van der Waals surface area contributed by atoms with Crippen molar-refractivity contribution in [3.8, 4) is 0 Å². The molecule has 3 unspecified atom stereocenters. The van der Waals surface area contributed by atoms with Crippen molar-refractivity contribution in [2.45, 2.75) is 33.6 Å². The largest absolute Gasteiger partial charge is 0.469 e. The second-order valence-corrected chi connectivity index (χ2v) is 4.91. The van der Waals surface area contributed by atoms with Crippen LogP contribution in [0.5, 0.6) is 0 Å². The molecule has 0 aromatic rings. The van der Waals surface area contributed by atoms with E-state index in [1.54, 1.807) is 0 Å². The van der Waals surface area contributed by atoms with Crippen molar-refractivity contribution >= 4 is 5.97 Å². The summed E-state index contributed by atoms with van der Waals surface area (Å²) >= 11 is 0. The van der Waals surface area contributed by atoms with Crippen molar-refractivity contribution in [2.75, 3.05) is 7.11 Å². The molecule has 0 saturated heterocycles. The highest BCUT2D eigenvalue weighted by atomic mass is 16.5. The first-order chi connectivity index (χ1) is 7.06. The number of hydrogen-bond donors (Lipinski definition) is 0. The van der Waals surface area contributed by atoms with Crippen LogP contribution in [0.4, 0.5) is 0 Å². The van der Waals surface area contributed by atoms with Crippen molar-refractivity contribution in [3.05, 3.63) is 12.2 Å². The Morgan fingerprint density at radius 3 is 2.67 bits per heavy atom. The Hall–Kier alpha value is -0.790. The summed E-state index contributed by atoms with van der Waals surface area (Å²) in [6, 6.07) is 0. The first kappa shape index (κ1) is 12.3. The van der Waals surface area contributed by atoms with Crippen LogP contribution >= 0.6 is 0 Å². The maximum absolute atomic E-state index is 11.5. The standard InChI is InChI=1S/C13H22O2/c1-9(2)12-8-11(13(14)15-4)7-5-6-10(12)3/h5,7,9-12H,6,8H2,1-4H3. The van der Waals surface area contributed by atoms with Crippen LogP contribution in [0, 0.1) is 23.7 Å². The van der Waals surface area contributed by atoms with Gasteiger partial charge in [0, 0.05) is 0 Å². The van der Waals surface area contributed by atoms with E-state index in [2.05, 4.69) is 26.8 Å². The molecule has 1 rings (SSSR count). The SMILES string of the molecule is COC(=O)C1C=CCC(C)C(C(C)C)C1. The lowest BCUT2D eigenvalue weighted by molar-refractivity contribution is -0.144. The molecular weight excluding hydrogens is 188 g/mol. The van der Waals surface area contributed by atoms with Crippen molar-refractivity contribution in [1.29, 1.82) is 0 Å². The molecular formula is C13H22O2. The predicted molar refractivity (Wildman–Crippen MR) is 61.4 cm³/mol. The molecule has 2 heteroatoms. The van der Waals surface area contributed by atoms with Crippen LogP contribution in [0.3, 0.4) is 0 Å². The fourth-order valence-electron chi connectivity index (χ4n) is 2.49. The molecule has 2 nitrogen and oxygen atoms in total. The predicted octanol–water partition coefficient (Wildman–Crippen LogP) is 3.03. The van der Waals surface area contributed by atoms with Crippen LogP contribution in [0.15, 0.2) is 12.2 Å². The van der Waals surface area contributed by atoms with E-state index in [1.807, 2.05) is 6.08 Å². The van der Waals surface area contributed by atoms with Crippen LogP contribution in [-0.4, -0.2) is 13.1 Å². The fourth-order valence-corrected chi connectivity index (χ4v) is 2.49. The van der Waals surface area contributed by atoms with Gasteiger partial charge >= 0.3 is 5.97 Å². The van der Waals surface area contributed by atoms with Crippen LogP contribution in [0.25, 0.3) is 0 Å². The van der Waals surface area contributed by atoms with Crippen molar-refractivity contribution in [3.63, 3.8) is 0 Å². The Labute approximate surface area is 92.7 Å². The average molecular weight is 210 g/mol. The smallest absolute Gasteiger partial charge is 0.312 e. The summed E-state index contributed by atoms with van der Waals surface area (Å²) in [6.45, 7) is 6.75. The zero-order valence-corrected chi connectivity index (χ0v) is 10.2. The molecule has 0 aromatic heterocycles. The van der Waals surface area contributed by atoms with Gasteiger partial charge in [-0.2, -0.15) is 0 Å². The number of carbonyl (C=O) groups excluding carboxylic acids is 1. The number of hydrogen-bond acceptors (Lipinski definition) is 2. The molecule has 0 amide bonds. The summed E-state index contributed by atoms with van der Waals surface area (Å²) in [7, 11) is 1.47. The van der Waals surface area contributed by atoms with Gasteiger partial charge in [-0.1, -0.05) is 32.9 Å². The summed E-state index contributed by atoms with van der Waals surface area (Å²) in [5.74, 6) is 1.78. The highest BCUT2D eigenvalue weighted by molar-refractivity contribution is 5.74. The highest BCUT2D eigenvalue weighted by Gasteiger charge is 2.28. The van der Waals surface area contributed by atoms with Gasteiger partial charge in [-0.05, 0) is 30.6 Å². The van der Waals surface area contributed by atoms with Gasteiger partial charge in [-0.3, -0.25) is 4.79 Å². The third kappa shape index (κ3) is 3.08. The topological polar surface area (TPSA) is 26.3 Å². The summed E-state index contributed by atoms with van der Waals surface area (Å²) in [5.41, 5.74) is 0. The van der Waals surface area contributed by atoms with Gasteiger partial charge < -0.3 is 4.74 Å². The molecule has 1 aliphatic carbocycles. The molecule has 0 aromatic carbocycles. The molecule has 0 radical (unpaired) electrons. The maximum Gasteiger partial charge on any atom is 0.312 e. The van der Waals surface area contributed by atoms with Gasteiger partial charge in [-0.15, -0.1) is 0 Å². The Kier molecular flexibility index (Phi) is 4.37. The van der Waals surface area contributed by atoms with E-state index in [0.717, 1.165) is 12.8 Å². The quantitative estimate of drug-likeness (QED) is 0.517. The lowest BCUT2D eigenvalue weighted by Gasteiger charge is -2.26. The van der Waals surface area contributed by atoms with Crippen LogP contribution in [0.2, 0.25) is 0 Å². The highest BCUT2D eigenvalue weighted by Crippen LogP contribution is 2.33. The van der Waals surface area contributed by atoms with Crippen LogP contribution < -0.4 is 0 Å². The van der Waals surface area contributed by atoms with Crippen LogP contribution in [0.1, 0.15) is 33.6 Å². The van der Waals surface area contributed by atoms with E-state index in [-0.39, 0.29) is 11.9 Å². The van der Waals surface area contributed by atoms with E-state index >= 15 is 0 Å².